The van der Waals surface area contributed by atoms with Gasteiger partial charge in [0.2, 0.25) is 0 Å². The number of esters is 1. The fraction of sp³-hybridized carbons (Fsp3) is 0.906. The van der Waals surface area contributed by atoms with Crippen LogP contribution >= 0.6 is 0 Å². The number of carbonyl (C=O) groups excluding carboxylic acids is 1. The van der Waals surface area contributed by atoms with E-state index in [4.69, 9.17) is 4.74 Å². The molecule has 0 saturated heterocycles. The molecule has 0 aliphatic heterocycles. The summed E-state index contributed by atoms with van der Waals surface area (Å²) in [5.74, 6) is 3.86. The minimum Gasteiger partial charge on any atom is -0.469 e. The van der Waals surface area contributed by atoms with Gasteiger partial charge in [0.1, 0.15) is 0 Å². The zero-order chi connectivity index (χ0) is 24.9. The number of ether oxygens (including phenoxy) is 1. The molecule has 10 unspecified atom stereocenters. The van der Waals surface area contributed by atoms with E-state index in [2.05, 4.69) is 55.0 Å². The Bertz CT molecular complexity index is 872. The second-order valence-corrected chi connectivity index (χ2v) is 15.3. The monoisotopic (exact) mass is 468 g/mol. The van der Waals surface area contributed by atoms with E-state index in [-0.39, 0.29) is 17.3 Å². The van der Waals surface area contributed by atoms with Gasteiger partial charge in [0, 0.05) is 0 Å². The summed E-state index contributed by atoms with van der Waals surface area (Å²) in [5, 5.41) is 0. The smallest absolute Gasteiger partial charge is 0.309 e. The molecule has 5 fully saturated rings. The van der Waals surface area contributed by atoms with Crippen LogP contribution in [-0.4, -0.2) is 13.1 Å². The second-order valence-electron chi connectivity index (χ2n) is 15.3. The first-order valence-corrected chi connectivity index (χ1v) is 14.5. The van der Waals surface area contributed by atoms with Crippen LogP contribution < -0.4 is 0 Å². The molecule has 0 aromatic carbocycles. The van der Waals surface area contributed by atoms with Crippen molar-refractivity contribution in [1.82, 2.24) is 0 Å². The molecule has 10 atom stereocenters. The van der Waals surface area contributed by atoms with E-state index in [9.17, 15) is 4.79 Å². The van der Waals surface area contributed by atoms with E-state index in [1.165, 1.54) is 63.4 Å². The maximum absolute atomic E-state index is 12.7. The van der Waals surface area contributed by atoms with E-state index >= 15 is 0 Å². The Labute approximate surface area is 210 Å². The average Bonchev–Trinajstić information content (AvgIpc) is 3.11. The fourth-order valence-corrected chi connectivity index (χ4v) is 12.1. The fourth-order valence-electron chi connectivity index (χ4n) is 12.1. The Morgan fingerprint density at radius 1 is 0.794 bits per heavy atom. The van der Waals surface area contributed by atoms with Crippen molar-refractivity contribution in [3.63, 3.8) is 0 Å². The summed E-state index contributed by atoms with van der Waals surface area (Å²) in [4.78, 5) is 12.7. The van der Waals surface area contributed by atoms with Crippen LogP contribution in [0.15, 0.2) is 12.2 Å². The van der Waals surface area contributed by atoms with E-state index in [0.717, 1.165) is 30.1 Å². The molecule has 192 valence electrons. The summed E-state index contributed by atoms with van der Waals surface area (Å²) < 4.78 is 5.28. The summed E-state index contributed by atoms with van der Waals surface area (Å²) in [6.45, 7) is 22.3. The summed E-state index contributed by atoms with van der Waals surface area (Å²) in [7, 11) is 1.57. The van der Waals surface area contributed by atoms with Crippen LogP contribution in [0.4, 0.5) is 0 Å². The lowest BCUT2D eigenvalue weighted by Crippen LogP contribution is -2.66. The number of hydrogen-bond donors (Lipinski definition) is 0. The zero-order valence-corrected chi connectivity index (χ0v) is 23.6. The van der Waals surface area contributed by atoms with Crippen LogP contribution in [0, 0.1) is 62.6 Å². The molecule has 2 nitrogen and oxygen atoms in total. The van der Waals surface area contributed by atoms with Gasteiger partial charge in [-0.1, -0.05) is 53.7 Å². The van der Waals surface area contributed by atoms with E-state index < -0.39 is 0 Å². The Kier molecular flexibility index (Phi) is 5.57. The molecule has 5 rings (SSSR count). The highest BCUT2D eigenvalue weighted by atomic mass is 16.5. The van der Waals surface area contributed by atoms with E-state index in [0.29, 0.717) is 27.6 Å². The lowest BCUT2D eigenvalue weighted by atomic mass is 9.32. The Balaban J connectivity index is 1.51. The molecule has 0 spiro atoms. The molecule has 0 N–H and O–H groups in total. The van der Waals surface area contributed by atoms with Gasteiger partial charge < -0.3 is 4.74 Å². The van der Waals surface area contributed by atoms with Crippen molar-refractivity contribution in [3.8, 4) is 0 Å². The van der Waals surface area contributed by atoms with Crippen LogP contribution in [0.25, 0.3) is 0 Å². The summed E-state index contributed by atoms with van der Waals surface area (Å²) in [6.07, 6.45) is 13.2. The third-order valence-corrected chi connectivity index (χ3v) is 14.0. The molecule has 2 heteroatoms. The molecule has 0 bridgehead atoms. The minimum atomic E-state index is 0.0147. The number of rotatable bonds is 2. The normalized spacial score (nSPS) is 53.6. The van der Waals surface area contributed by atoms with E-state index in [1.54, 1.807) is 7.11 Å². The average molecular weight is 469 g/mol. The van der Waals surface area contributed by atoms with Gasteiger partial charge in [-0.15, -0.1) is 0 Å². The topological polar surface area (TPSA) is 26.3 Å². The predicted octanol–water partition coefficient (Wildman–Crippen LogP) is 8.45. The molecule has 5 aliphatic carbocycles. The first-order valence-electron chi connectivity index (χ1n) is 14.5. The Morgan fingerprint density at radius 2 is 1.50 bits per heavy atom. The number of carbonyl (C=O) groups is 1. The highest BCUT2D eigenvalue weighted by molar-refractivity contribution is 5.73. The first-order chi connectivity index (χ1) is 15.8. The van der Waals surface area contributed by atoms with Crippen LogP contribution in [0.5, 0.6) is 0 Å². The van der Waals surface area contributed by atoms with Gasteiger partial charge in [-0.2, -0.15) is 0 Å². The van der Waals surface area contributed by atoms with Gasteiger partial charge in [-0.25, -0.2) is 0 Å². The van der Waals surface area contributed by atoms with Crippen molar-refractivity contribution < 1.29 is 9.53 Å². The van der Waals surface area contributed by atoms with Crippen LogP contribution in [0.2, 0.25) is 0 Å². The van der Waals surface area contributed by atoms with Crippen LogP contribution in [0.3, 0.4) is 0 Å². The Hall–Kier alpha value is -0.790. The van der Waals surface area contributed by atoms with Crippen molar-refractivity contribution in [1.29, 1.82) is 0 Å². The maximum Gasteiger partial charge on any atom is 0.309 e. The lowest BCUT2D eigenvalue weighted by Gasteiger charge is -2.73. The molecule has 5 saturated carbocycles. The van der Waals surface area contributed by atoms with E-state index in [1.807, 2.05) is 0 Å². The molecule has 0 aromatic rings. The highest BCUT2D eigenvalue weighted by Crippen LogP contribution is 2.77. The first kappa shape index (κ1) is 24.9. The third kappa shape index (κ3) is 2.95. The van der Waals surface area contributed by atoms with Crippen LogP contribution in [0.1, 0.15) is 113 Å². The molecule has 0 aromatic heterocycles. The van der Waals surface area contributed by atoms with Crippen molar-refractivity contribution in [3.05, 3.63) is 12.2 Å². The van der Waals surface area contributed by atoms with Gasteiger partial charge in [0.05, 0.1) is 13.0 Å². The number of allylic oxidation sites excluding steroid dienone is 1. The molecule has 0 heterocycles. The summed E-state index contributed by atoms with van der Waals surface area (Å²) in [5.41, 5.74) is 3.15. The third-order valence-electron chi connectivity index (χ3n) is 14.0. The molecule has 34 heavy (non-hydrogen) atoms. The standard InChI is InChI=1S/C32H52O2/c1-20(2)21-12-15-29(5)18-19-31(7)22(26(21)29)10-11-25-30(6)16-13-23(27(33)34-9)28(3,4)24(30)14-17-32(25,31)8/h21-26H,1,10-19H2,2-9H3. The van der Waals surface area contributed by atoms with Crippen molar-refractivity contribution in [2.75, 3.05) is 7.11 Å². The highest BCUT2D eigenvalue weighted by Gasteiger charge is 2.70. The van der Waals surface area contributed by atoms with Crippen molar-refractivity contribution in [2.45, 2.75) is 113 Å². The zero-order valence-electron chi connectivity index (χ0n) is 23.6. The van der Waals surface area contributed by atoms with Gasteiger partial charge in [-0.3, -0.25) is 4.79 Å². The minimum absolute atomic E-state index is 0.0147. The van der Waals surface area contributed by atoms with Gasteiger partial charge in [0.15, 0.2) is 0 Å². The molecule has 0 amide bonds. The molecule has 5 aliphatic rings. The largest absolute Gasteiger partial charge is 0.469 e. The SMILES string of the molecule is C=C(C)C1CCC2(C)CCC3(C)C(CCC4C5(C)CCC(C(=O)OC)C(C)(C)C5CCC43C)C12. The molecule has 0 radical (unpaired) electrons. The molecular weight excluding hydrogens is 416 g/mol. The summed E-state index contributed by atoms with van der Waals surface area (Å²) >= 11 is 0. The molecular formula is C32H52O2. The van der Waals surface area contributed by atoms with Gasteiger partial charge >= 0.3 is 5.97 Å². The second kappa shape index (κ2) is 7.61. The van der Waals surface area contributed by atoms with Crippen molar-refractivity contribution in [2.24, 2.45) is 62.6 Å². The van der Waals surface area contributed by atoms with Crippen LogP contribution in [-0.2, 0) is 9.53 Å². The number of methoxy groups -OCH3 is 1. The lowest BCUT2D eigenvalue weighted by molar-refractivity contribution is -0.242. The van der Waals surface area contributed by atoms with Gasteiger partial charge in [0.25, 0.3) is 0 Å². The quantitative estimate of drug-likeness (QED) is 0.300. The number of fused-ring (bicyclic) bond motifs is 7. The maximum atomic E-state index is 12.7. The number of hydrogen-bond acceptors (Lipinski definition) is 2. The van der Waals surface area contributed by atoms with Crippen molar-refractivity contribution >= 4 is 5.97 Å². The van der Waals surface area contributed by atoms with Gasteiger partial charge in [-0.05, 0) is 128 Å². The Morgan fingerprint density at radius 3 is 2.15 bits per heavy atom. The predicted molar refractivity (Wildman–Crippen MR) is 140 cm³/mol. The summed E-state index contributed by atoms with van der Waals surface area (Å²) in [6, 6.07) is 0.